The van der Waals surface area contributed by atoms with Gasteiger partial charge in [0.05, 0.1) is 12.6 Å². The first kappa shape index (κ1) is 7.00. The quantitative estimate of drug-likeness (QED) is 0.713. The van der Waals surface area contributed by atoms with E-state index in [-0.39, 0.29) is 0 Å². The second-order valence-corrected chi connectivity index (χ2v) is 3.23. The molecule has 11 heavy (non-hydrogen) atoms. The molecular formula is C6H9N3OS. The minimum atomic E-state index is 0.433. The molecule has 1 aromatic heterocycles. The summed E-state index contributed by atoms with van der Waals surface area (Å²) in [5, 5.41) is 4.13. The largest absolute Gasteiger partial charge is 0.379 e. The number of anilines is 1. The van der Waals surface area contributed by atoms with Crippen molar-refractivity contribution in [2.75, 3.05) is 18.5 Å². The first-order valence-corrected chi connectivity index (χ1v) is 4.33. The zero-order valence-corrected chi connectivity index (χ0v) is 6.80. The molecule has 1 aliphatic rings. The van der Waals surface area contributed by atoms with Crippen LogP contribution in [0.25, 0.3) is 0 Å². The number of nitrogens with one attached hydrogen (secondary N) is 1. The van der Waals surface area contributed by atoms with Gasteiger partial charge in [0.25, 0.3) is 0 Å². The third-order valence-electron chi connectivity index (χ3n) is 1.62. The van der Waals surface area contributed by atoms with Crippen LogP contribution in [0.2, 0.25) is 0 Å². The molecule has 1 unspecified atom stereocenters. The van der Waals surface area contributed by atoms with E-state index in [1.807, 2.05) is 0 Å². The molecular weight excluding hydrogens is 162 g/mol. The van der Waals surface area contributed by atoms with Crippen molar-refractivity contribution in [3.05, 3.63) is 6.33 Å². The molecule has 1 fully saturated rings. The summed E-state index contributed by atoms with van der Waals surface area (Å²) in [4.78, 5) is 4.02. The molecule has 1 aromatic rings. The molecule has 0 aromatic carbocycles. The first-order chi connectivity index (χ1) is 5.45. The zero-order chi connectivity index (χ0) is 7.52. The number of nitrogens with zero attached hydrogens (tertiary/aromatic N) is 2. The lowest BCUT2D eigenvalue weighted by Crippen LogP contribution is -2.18. The molecule has 0 amide bonds. The highest BCUT2D eigenvalue weighted by Gasteiger charge is 2.15. The zero-order valence-electron chi connectivity index (χ0n) is 5.99. The van der Waals surface area contributed by atoms with Crippen molar-refractivity contribution in [1.82, 2.24) is 9.36 Å². The first-order valence-electron chi connectivity index (χ1n) is 3.56. The third kappa shape index (κ3) is 1.66. The summed E-state index contributed by atoms with van der Waals surface area (Å²) in [5.41, 5.74) is 0. The van der Waals surface area contributed by atoms with Gasteiger partial charge in [-0.05, 0) is 6.42 Å². The molecule has 4 nitrogen and oxygen atoms in total. The molecule has 1 aliphatic heterocycles. The van der Waals surface area contributed by atoms with E-state index in [2.05, 4.69) is 14.7 Å². The van der Waals surface area contributed by atoms with E-state index in [1.165, 1.54) is 11.5 Å². The SMILES string of the molecule is c1nsc(NC2CCOC2)n1. The normalized spacial score (nSPS) is 23.8. The summed E-state index contributed by atoms with van der Waals surface area (Å²) < 4.78 is 9.09. The van der Waals surface area contributed by atoms with Gasteiger partial charge in [0.1, 0.15) is 6.33 Å². The van der Waals surface area contributed by atoms with Gasteiger partial charge in [0, 0.05) is 18.1 Å². The average Bonchev–Trinajstić information content (AvgIpc) is 2.60. The lowest BCUT2D eigenvalue weighted by Gasteiger charge is -2.06. The van der Waals surface area contributed by atoms with E-state index in [9.17, 15) is 0 Å². The summed E-state index contributed by atoms with van der Waals surface area (Å²) in [7, 11) is 0. The fraction of sp³-hybridized carbons (Fsp3) is 0.667. The molecule has 0 saturated carbocycles. The highest BCUT2D eigenvalue weighted by Crippen LogP contribution is 2.13. The van der Waals surface area contributed by atoms with Crippen LogP contribution in [0.3, 0.4) is 0 Å². The Morgan fingerprint density at radius 1 is 1.73 bits per heavy atom. The van der Waals surface area contributed by atoms with Crippen molar-refractivity contribution in [2.45, 2.75) is 12.5 Å². The molecule has 0 aliphatic carbocycles. The van der Waals surface area contributed by atoms with Crippen molar-refractivity contribution >= 4 is 16.7 Å². The van der Waals surface area contributed by atoms with Crippen LogP contribution in [0, 0.1) is 0 Å². The maximum Gasteiger partial charge on any atom is 0.202 e. The number of aromatic nitrogens is 2. The Morgan fingerprint density at radius 3 is 3.36 bits per heavy atom. The second kappa shape index (κ2) is 3.15. The number of ether oxygens (including phenoxy) is 1. The Balaban J connectivity index is 1.90. The van der Waals surface area contributed by atoms with Gasteiger partial charge in [-0.2, -0.15) is 4.37 Å². The minimum absolute atomic E-state index is 0.433. The van der Waals surface area contributed by atoms with Crippen LogP contribution in [-0.4, -0.2) is 28.6 Å². The number of hydrogen-bond acceptors (Lipinski definition) is 5. The van der Waals surface area contributed by atoms with Crippen molar-refractivity contribution < 1.29 is 4.74 Å². The van der Waals surface area contributed by atoms with E-state index in [0.29, 0.717) is 6.04 Å². The van der Waals surface area contributed by atoms with Crippen LogP contribution >= 0.6 is 11.5 Å². The molecule has 1 N–H and O–H groups in total. The third-order valence-corrected chi connectivity index (χ3v) is 2.21. The predicted molar refractivity (Wildman–Crippen MR) is 42.8 cm³/mol. The molecule has 0 bridgehead atoms. The molecule has 0 spiro atoms. The van der Waals surface area contributed by atoms with Gasteiger partial charge in [0.15, 0.2) is 0 Å². The Bertz CT molecular complexity index is 208. The summed E-state index contributed by atoms with van der Waals surface area (Å²) in [6.45, 7) is 1.65. The van der Waals surface area contributed by atoms with Gasteiger partial charge in [-0.1, -0.05) is 0 Å². The predicted octanol–water partition coefficient (Wildman–Crippen LogP) is 0.739. The van der Waals surface area contributed by atoms with Crippen molar-refractivity contribution in [1.29, 1.82) is 0 Å². The van der Waals surface area contributed by atoms with Gasteiger partial charge in [0.2, 0.25) is 5.13 Å². The monoisotopic (exact) mass is 171 g/mol. The number of hydrogen-bond donors (Lipinski definition) is 1. The summed E-state index contributed by atoms with van der Waals surface area (Å²) in [6.07, 6.45) is 2.63. The Labute approximate surface area is 68.8 Å². The van der Waals surface area contributed by atoms with E-state index in [1.54, 1.807) is 6.33 Å². The van der Waals surface area contributed by atoms with Crippen LogP contribution < -0.4 is 5.32 Å². The second-order valence-electron chi connectivity index (χ2n) is 2.45. The molecule has 60 valence electrons. The van der Waals surface area contributed by atoms with Crippen LogP contribution in [-0.2, 0) is 4.74 Å². The van der Waals surface area contributed by atoms with Gasteiger partial charge < -0.3 is 10.1 Å². The van der Waals surface area contributed by atoms with Gasteiger partial charge in [-0.25, -0.2) is 4.98 Å². The summed E-state index contributed by atoms with van der Waals surface area (Å²) >= 11 is 1.38. The van der Waals surface area contributed by atoms with Gasteiger partial charge in [-0.15, -0.1) is 0 Å². The minimum Gasteiger partial charge on any atom is -0.379 e. The number of rotatable bonds is 2. The molecule has 2 rings (SSSR count). The van der Waals surface area contributed by atoms with E-state index >= 15 is 0 Å². The Kier molecular flexibility index (Phi) is 2.00. The Morgan fingerprint density at radius 2 is 2.73 bits per heavy atom. The summed E-state index contributed by atoms with van der Waals surface area (Å²) in [6, 6.07) is 0.433. The van der Waals surface area contributed by atoms with E-state index in [4.69, 9.17) is 4.74 Å². The summed E-state index contributed by atoms with van der Waals surface area (Å²) in [5.74, 6) is 0. The van der Waals surface area contributed by atoms with Crippen LogP contribution in [0.15, 0.2) is 6.33 Å². The molecule has 2 heterocycles. The smallest absolute Gasteiger partial charge is 0.202 e. The lowest BCUT2D eigenvalue weighted by atomic mass is 10.3. The van der Waals surface area contributed by atoms with Crippen LogP contribution in [0.1, 0.15) is 6.42 Å². The molecule has 1 saturated heterocycles. The van der Waals surface area contributed by atoms with Crippen LogP contribution in [0.4, 0.5) is 5.13 Å². The molecule has 5 heteroatoms. The van der Waals surface area contributed by atoms with Crippen LogP contribution in [0.5, 0.6) is 0 Å². The highest BCUT2D eigenvalue weighted by atomic mass is 32.1. The fourth-order valence-electron chi connectivity index (χ4n) is 1.06. The fourth-order valence-corrected chi connectivity index (χ4v) is 1.57. The van der Waals surface area contributed by atoms with Crippen molar-refractivity contribution in [3.63, 3.8) is 0 Å². The maximum atomic E-state index is 5.20. The van der Waals surface area contributed by atoms with Gasteiger partial charge in [-0.3, -0.25) is 0 Å². The topological polar surface area (TPSA) is 47.0 Å². The van der Waals surface area contributed by atoms with E-state index in [0.717, 1.165) is 24.8 Å². The van der Waals surface area contributed by atoms with Crippen molar-refractivity contribution in [3.8, 4) is 0 Å². The highest BCUT2D eigenvalue weighted by molar-refractivity contribution is 7.09. The van der Waals surface area contributed by atoms with E-state index < -0.39 is 0 Å². The van der Waals surface area contributed by atoms with Gasteiger partial charge >= 0.3 is 0 Å². The standard InChI is InChI=1S/C6H9N3OS/c1-2-10-3-5(1)9-6-7-4-8-11-6/h4-5H,1-3H2,(H,7,8,9). The molecule has 1 atom stereocenters. The van der Waals surface area contributed by atoms with Crippen molar-refractivity contribution in [2.24, 2.45) is 0 Å². The Hall–Kier alpha value is -0.680. The lowest BCUT2D eigenvalue weighted by molar-refractivity contribution is 0.195. The maximum absolute atomic E-state index is 5.20. The average molecular weight is 171 g/mol. The molecule has 0 radical (unpaired) electrons.